The van der Waals surface area contributed by atoms with Crippen LogP contribution in [0.5, 0.6) is 0 Å². The van der Waals surface area contributed by atoms with E-state index in [-0.39, 0.29) is 17.6 Å². The van der Waals surface area contributed by atoms with Gasteiger partial charge in [0.05, 0.1) is 18.8 Å². The van der Waals surface area contributed by atoms with Crippen molar-refractivity contribution in [2.45, 2.75) is 58.3 Å². The molecule has 0 bridgehead atoms. The van der Waals surface area contributed by atoms with Crippen LogP contribution in [-0.2, 0) is 14.4 Å². The lowest BCUT2D eigenvalue weighted by atomic mass is 10.1. The van der Waals surface area contributed by atoms with E-state index in [1.54, 1.807) is 0 Å². The second-order valence-corrected chi connectivity index (χ2v) is 7.26. The topological polar surface area (TPSA) is 80.4 Å². The number of nitrogens with two attached hydrogens (primary N) is 1. The predicted octanol–water partition coefficient (Wildman–Crippen LogP) is 0.785. The molecule has 2 saturated heterocycles. The fourth-order valence-electron chi connectivity index (χ4n) is 3.11. The first-order valence-corrected chi connectivity index (χ1v) is 8.43. The predicted molar refractivity (Wildman–Crippen MR) is 89.0 cm³/mol. The van der Waals surface area contributed by atoms with E-state index >= 15 is 0 Å². The largest absolute Gasteiger partial charge is 0.383 e. The first kappa shape index (κ1) is 18.0. The summed E-state index contributed by atoms with van der Waals surface area (Å²) in [4.78, 5) is 21.8. The summed E-state index contributed by atoms with van der Waals surface area (Å²) in [6.45, 7) is 11.8. The molecule has 23 heavy (non-hydrogen) atoms. The van der Waals surface area contributed by atoms with Crippen molar-refractivity contribution in [1.29, 1.82) is 0 Å². The second-order valence-electron chi connectivity index (χ2n) is 7.26. The molecule has 2 rings (SSSR count). The third-order valence-corrected chi connectivity index (χ3v) is 4.23. The summed E-state index contributed by atoms with van der Waals surface area (Å²) in [5.41, 5.74) is 5.80. The zero-order valence-electron chi connectivity index (χ0n) is 14.7. The van der Waals surface area contributed by atoms with Crippen LogP contribution in [0.15, 0.2) is 5.16 Å². The van der Waals surface area contributed by atoms with Gasteiger partial charge in [-0.25, -0.2) is 0 Å². The van der Waals surface area contributed by atoms with Gasteiger partial charge in [0.1, 0.15) is 0 Å². The number of carbonyl (C=O) groups is 1. The molecule has 0 aromatic heterocycles. The van der Waals surface area contributed by atoms with E-state index in [9.17, 15) is 4.79 Å². The maximum absolute atomic E-state index is 12.3. The summed E-state index contributed by atoms with van der Waals surface area (Å²) in [6, 6.07) is 0.186. The SMILES string of the molecule is CC(C)N1CCC[C@H](O/N=C(\N)CN2CCOC(C)(C)C2)C1=O. The normalized spacial score (nSPS) is 26.7. The van der Waals surface area contributed by atoms with Crippen LogP contribution in [0.4, 0.5) is 0 Å². The van der Waals surface area contributed by atoms with E-state index in [0.717, 1.165) is 26.1 Å². The molecule has 0 saturated carbocycles. The molecule has 0 radical (unpaired) electrons. The Hall–Kier alpha value is -1.34. The summed E-state index contributed by atoms with van der Waals surface area (Å²) < 4.78 is 5.68. The highest BCUT2D eigenvalue weighted by Crippen LogP contribution is 2.18. The Morgan fingerprint density at radius 1 is 1.48 bits per heavy atom. The zero-order chi connectivity index (χ0) is 17.0. The zero-order valence-corrected chi connectivity index (χ0v) is 14.7. The van der Waals surface area contributed by atoms with Gasteiger partial charge in [0.15, 0.2) is 5.84 Å². The van der Waals surface area contributed by atoms with Gasteiger partial charge in [-0.2, -0.15) is 0 Å². The standard InChI is InChI=1S/C16H30N4O3/c1-12(2)20-7-5-6-13(15(20)21)23-18-14(17)10-19-8-9-22-16(3,4)11-19/h12-13H,5-11H2,1-4H3,(H2,17,18)/t13-/m0/s1. The smallest absolute Gasteiger partial charge is 0.266 e. The van der Waals surface area contributed by atoms with Crippen molar-refractivity contribution in [3.8, 4) is 0 Å². The number of piperidine rings is 1. The van der Waals surface area contributed by atoms with Gasteiger partial charge in [-0.1, -0.05) is 5.16 Å². The number of ether oxygens (including phenoxy) is 1. The van der Waals surface area contributed by atoms with Crippen molar-refractivity contribution in [3.05, 3.63) is 0 Å². The number of nitrogens with zero attached hydrogens (tertiary/aromatic N) is 3. The van der Waals surface area contributed by atoms with Crippen LogP contribution >= 0.6 is 0 Å². The van der Waals surface area contributed by atoms with Crippen molar-refractivity contribution in [2.75, 3.05) is 32.8 Å². The Bertz CT molecular complexity index is 451. The van der Waals surface area contributed by atoms with Gasteiger partial charge in [0.25, 0.3) is 5.91 Å². The number of morpholine rings is 1. The Labute approximate surface area is 138 Å². The lowest BCUT2D eigenvalue weighted by Crippen LogP contribution is -2.51. The average Bonchev–Trinajstić information content (AvgIpc) is 2.44. The summed E-state index contributed by atoms with van der Waals surface area (Å²) in [6.07, 6.45) is 1.12. The van der Waals surface area contributed by atoms with Gasteiger partial charge in [0, 0.05) is 25.7 Å². The van der Waals surface area contributed by atoms with E-state index < -0.39 is 6.10 Å². The summed E-state index contributed by atoms with van der Waals surface area (Å²) >= 11 is 0. The highest BCUT2D eigenvalue weighted by Gasteiger charge is 2.32. The van der Waals surface area contributed by atoms with Gasteiger partial charge in [-0.3, -0.25) is 9.69 Å². The van der Waals surface area contributed by atoms with Crippen molar-refractivity contribution >= 4 is 11.7 Å². The highest BCUT2D eigenvalue weighted by molar-refractivity contribution is 5.83. The molecule has 0 aromatic rings. The number of hydrogen-bond donors (Lipinski definition) is 1. The highest BCUT2D eigenvalue weighted by atomic mass is 16.6. The fraction of sp³-hybridized carbons (Fsp3) is 0.875. The van der Waals surface area contributed by atoms with Crippen LogP contribution in [0, 0.1) is 0 Å². The van der Waals surface area contributed by atoms with E-state index in [0.29, 0.717) is 25.4 Å². The molecule has 132 valence electrons. The third kappa shape index (κ3) is 5.07. The minimum Gasteiger partial charge on any atom is -0.383 e. The number of oxime groups is 1. The van der Waals surface area contributed by atoms with Gasteiger partial charge < -0.3 is 20.2 Å². The maximum atomic E-state index is 12.3. The quantitative estimate of drug-likeness (QED) is 0.459. The molecule has 0 aliphatic carbocycles. The fourth-order valence-corrected chi connectivity index (χ4v) is 3.11. The Morgan fingerprint density at radius 3 is 2.87 bits per heavy atom. The summed E-state index contributed by atoms with van der Waals surface area (Å²) in [7, 11) is 0. The van der Waals surface area contributed by atoms with Crippen LogP contribution in [0.2, 0.25) is 0 Å². The van der Waals surface area contributed by atoms with Crippen molar-refractivity contribution in [3.63, 3.8) is 0 Å². The van der Waals surface area contributed by atoms with Gasteiger partial charge >= 0.3 is 0 Å². The number of amides is 1. The second kappa shape index (κ2) is 7.49. The maximum Gasteiger partial charge on any atom is 0.266 e. The summed E-state index contributed by atoms with van der Waals surface area (Å²) in [5, 5.41) is 4.00. The Morgan fingerprint density at radius 2 is 2.22 bits per heavy atom. The molecule has 2 aliphatic rings. The van der Waals surface area contributed by atoms with E-state index in [1.165, 1.54) is 0 Å². The van der Waals surface area contributed by atoms with Crippen LogP contribution in [0.1, 0.15) is 40.5 Å². The van der Waals surface area contributed by atoms with Crippen LogP contribution in [-0.4, -0.2) is 72.1 Å². The average molecular weight is 326 g/mol. The van der Waals surface area contributed by atoms with Crippen LogP contribution in [0.3, 0.4) is 0 Å². The molecule has 0 unspecified atom stereocenters. The van der Waals surface area contributed by atoms with Crippen molar-refractivity contribution < 1.29 is 14.4 Å². The third-order valence-electron chi connectivity index (χ3n) is 4.23. The van der Waals surface area contributed by atoms with Gasteiger partial charge in [-0.15, -0.1) is 0 Å². The van der Waals surface area contributed by atoms with Crippen LogP contribution in [0.25, 0.3) is 0 Å². The Balaban J connectivity index is 1.85. The molecule has 2 fully saturated rings. The minimum absolute atomic E-state index is 0.00954. The first-order valence-electron chi connectivity index (χ1n) is 8.43. The molecule has 1 atom stereocenters. The minimum atomic E-state index is -0.508. The summed E-state index contributed by atoms with van der Waals surface area (Å²) in [5.74, 6) is 0.410. The lowest BCUT2D eigenvalue weighted by molar-refractivity contribution is -0.150. The molecule has 2 aliphatic heterocycles. The number of carbonyl (C=O) groups excluding carboxylic acids is 1. The lowest BCUT2D eigenvalue weighted by Gasteiger charge is -2.37. The van der Waals surface area contributed by atoms with Crippen LogP contribution < -0.4 is 5.73 Å². The molecule has 2 N–H and O–H groups in total. The van der Waals surface area contributed by atoms with Crippen molar-refractivity contribution in [2.24, 2.45) is 10.9 Å². The molecule has 2 heterocycles. The molecule has 0 aromatic carbocycles. The molecule has 1 amide bonds. The van der Waals surface area contributed by atoms with E-state index in [1.807, 2.05) is 18.7 Å². The number of hydrogen-bond acceptors (Lipinski definition) is 5. The van der Waals surface area contributed by atoms with Crippen molar-refractivity contribution in [1.82, 2.24) is 9.80 Å². The van der Waals surface area contributed by atoms with Gasteiger partial charge in [-0.05, 0) is 40.5 Å². The van der Waals surface area contributed by atoms with E-state index in [2.05, 4.69) is 23.9 Å². The van der Waals surface area contributed by atoms with Gasteiger partial charge in [0.2, 0.25) is 6.10 Å². The molecule has 7 heteroatoms. The molecule has 7 nitrogen and oxygen atoms in total. The first-order chi connectivity index (χ1) is 10.8. The Kier molecular flexibility index (Phi) is 5.86. The van der Waals surface area contributed by atoms with E-state index in [4.69, 9.17) is 15.3 Å². The number of amidine groups is 1. The monoisotopic (exact) mass is 326 g/mol. The number of rotatable bonds is 5. The number of likely N-dealkylation sites (tertiary alicyclic amines) is 1. The molecule has 0 spiro atoms. The molecular weight excluding hydrogens is 296 g/mol. The molecular formula is C16H30N4O3.